The molecule has 1 rings (SSSR count). The molecule has 1 nitrogen and oxygen atoms in total. The van der Waals surface area contributed by atoms with E-state index in [0.717, 1.165) is 0 Å². The molecular weight excluding hydrogens is 584 g/mol. The van der Waals surface area contributed by atoms with Crippen molar-refractivity contribution >= 4 is 17.2 Å². The van der Waals surface area contributed by atoms with E-state index in [1.165, 1.54) is 49.8 Å². The van der Waals surface area contributed by atoms with Crippen LogP contribution in [0.5, 0.6) is 0 Å². The molecular formula is C15H20ClF17NP. The number of rotatable bonds is 6. The Balaban J connectivity index is 0.000000952. The first-order valence-corrected chi connectivity index (χ1v) is 12.7. The summed E-state index contributed by atoms with van der Waals surface area (Å²) in [6.45, 7) is 6.55. The van der Waals surface area contributed by atoms with Crippen LogP contribution >= 0.6 is 17.2 Å². The number of unbranched alkanes of at least 4 members (excludes halogenated alkanes) is 1. The first-order chi connectivity index (χ1) is 14.9. The van der Waals surface area contributed by atoms with Crippen molar-refractivity contribution in [2.24, 2.45) is 0 Å². The van der Waals surface area contributed by atoms with Crippen LogP contribution in [0.1, 0.15) is 32.6 Å². The van der Waals surface area contributed by atoms with Crippen LogP contribution in [0, 0.1) is 0 Å². The van der Waals surface area contributed by atoms with Gasteiger partial charge in [-0.05, 0) is 6.42 Å². The summed E-state index contributed by atoms with van der Waals surface area (Å²) in [7, 11) is 2.41. The fourth-order valence-corrected chi connectivity index (χ4v) is 6.75. The van der Waals surface area contributed by atoms with E-state index < -0.39 is 41.4 Å². The van der Waals surface area contributed by atoms with Gasteiger partial charge in [-0.1, -0.05) is 13.3 Å². The van der Waals surface area contributed by atoms with Gasteiger partial charge in [0.25, 0.3) is 0 Å². The van der Waals surface area contributed by atoms with E-state index in [1.54, 1.807) is 0 Å². The first-order valence-electron chi connectivity index (χ1n) is 9.37. The molecule has 0 amide bonds. The van der Waals surface area contributed by atoms with E-state index in [9.17, 15) is 74.3 Å². The number of likely N-dealkylation sites (tertiary alicyclic amines) is 1. The van der Waals surface area contributed by atoms with Crippen molar-refractivity contribution in [1.29, 1.82) is 0 Å². The van der Waals surface area contributed by atoms with Crippen LogP contribution in [0.3, 0.4) is 0 Å². The van der Waals surface area contributed by atoms with Crippen LogP contribution in [0.15, 0.2) is 0 Å². The van der Waals surface area contributed by atoms with Gasteiger partial charge in [-0.15, -0.1) is 0 Å². The van der Waals surface area contributed by atoms with E-state index in [1.807, 2.05) is 0 Å². The molecule has 0 unspecified atom stereocenters. The third kappa shape index (κ3) is 4.54. The molecule has 1 fully saturated rings. The molecule has 1 aliphatic heterocycles. The quantitative estimate of drug-likeness (QED) is 0.161. The monoisotopic (exact) mass is 603 g/mol. The molecule has 0 saturated carbocycles. The number of nitrogens with zero attached hydrogens (tertiary/aromatic N) is 1. The zero-order valence-corrected chi connectivity index (χ0v) is 19.3. The minimum absolute atomic E-state index is 1.36. The SMILES string of the molecule is CCCC[N+]1(C)CCCC1.FC(F)(F)C(F)(F)[P-](F)(F)(Cl)(C(F)(F)C(F)(F)F)C(F)(F)C(F)(F)F. The van der Waals surface area contributed by atoms with E-state index in [2.05, 4.69) is 25.2 Å². The van der Waals surface area contributed by atoms with Crippen LogP contribution in [-0.4, -0.2) is 66.7 Å². The predicted molar refractivity (Wildman–Crippen MR) is 92.9 cm³/mol. The maximum absolute atomic E-state index is 14.0. The van der Waals surface area contributed by atoms with Crippen molar-refractivity contribution in [3.8, 4) is 0 Å². The first kappa shape index (κ1) is 34.5. The molecule has 0 aromatic heterocycles. The average molecular weight is 604 g/mol. The Morgan fingerprint density at radius 1 is 0.629 bits per heavy atom. The van der Waals surface area contributed by atoms with Crippen LogP contribution in [0.25, 0.3) is 0 Å². The fraction of sp³-hybridized carbons (Fsp3) is 1.00. The number of hydrogen-bond acceptors (Lipinski definition) is 0. The van der Waals surface area contributed by atoms with Gasteiger partial charge in [0.15, 0.2) is 0 Å². The Labute approximate surface area is 191 Å². The normalized spacial score (nSPS) is 20.6. The Morgan fingerprint density at radius 3 is 1.09 bits per heavy atom. The van der Waals surface area contributed by atoms with Crippen LogP contribution in [0.2, 0.25) is 0 Å². The molecule has 1 heterocycles. The Bertz CT molecular complexity index is 676. The Hall–Kier alpha value is -0.510. The summed E-state index contributed by atoms with van der Waals surface area (Å²) in [4.78, 5) is 0. The van der Waals surface area contributed by atoms with E-state index in [4.69, 9.17) is 0 Å². The van der Waals surface area contributed by atoms with Crippen molar-refractivity contribution in [2.45, 2.75) is 68.1 Å². The van der Waals surface area contributed by atoms with E-state index in [0.29, 0.717) is 0 Å². The molecule has 1 aliphatic rings. The summed E-state index contributed by atoms with van der Waals surface area (Å²) in [6.07, 6.45) is -19.7. The summed E-state index contributed by atoms with van der Waals surface area (Å²) in [6, 6.07) is 0. The number of quaternary nitrogens is 1. The molecule has 0 aliphatic carbocycles. The van der Waals surface area contributed by atoms with Crippen molar-refractivity contribution in [3.05, 3.63) is 0 Å². The van der Waals surface area contributed by atoms with Gasteiger partial charge in [0.1, 0.15) is 0 Å². The molecule has 0 spiro atoms. The van der Waals surface area contributed by atoms with Gasteiger partial charge >= 0.3 is 127 Å². The molecule has 0 aromatic carbocycles. The van der Waals surface area contributed by atoms with Gasteiger partial charge in [-0.2, -0.15) is 0 Å². The molecule has 0 bridgehead atoms. The second-order valence-corrected chi connectivity index (χ2v) is 14.8. The van der Waals surface area contributed by atoms with Crippen LogP contribution in [-0.2, 0) is 0 Å². The van der Waals surface area contributed by atoms with Gasteiger partial charge in [-0.25, -0.2) is 0 Å². The van der Waals surface area contributed by atoms with E-state index in [-0.39, 0.29) is 0 Å². The van der Waals surface area contributed by atoms with Crippen LogP contribution < -0.4 is 0 Å². The zero-order chi connectivity index (χ0) is 28.9. The summed E-state index contributed by atoms with van der Waals surface area (Å²) < 4.78 is 214. The average Bonchev–Trinajstić information content (AvgIpc) is 3.04. The summed E-state index contributed by atoms with van der Waals surface area (Å²) in [5, 5.41) is 0. The second-order valence-electron chi connectivity index (χ2n) is 8.26. The summed E-state index contributed by atoms with van der Waals surface area (Å²) >= 11 is 2.77. The molecule has 0 radical (unpaired) electrons. The standard InChI is InChI=1S/C9H20N.C6ClF17P/c1-3-4-7-10(2)8-5-6-9-10;7-25(23,24,4(17,18)1(8,9)10,5(19,20)2(11,12)13)6(21,22)3(14,15)16/h3-9H2,1-2H3;/q+1;-1. The van der Waals surface area contributed by atoms with Gasteiger partial charge in [0, 0.05) is 12.8 Å². The summed E-state index contributed by atoms with van der Waals surface area (Å²) in [5.41, 5.74) is -28.0. The molecule has 0 aromatic rings. The van der Waals surface area contributed by atoms with Crippen molar-refractivity contribution in [2.75, 3.05) is 26.7 Å². The topological polar surface area (TPSA) is 0 Å². The second kappa shape index (κ2) is 8.77. The van der Waals surface area contributed by atoms with Gasteiger partial charge < -0.3 is 4.48 Å². The molecule has 35 heavy (non-hydrogen) atoms. The van der Waals surface area contributed by atoms with Gasteiger partial charge in [0.2, 0.25) is 0 Å². The third-order valence-corrected chi connectivity index (χ3v) is 11.8. The maximum atomic E-state index is 13.8. The van der Waals surface area contributed by atoms with E-state index >= 15 is 0 Å². The minimum atomic E-state index is -14.0. The fourth-order valence-electron chi connectivity index (χ4n) is 3.20. The molecule has 216 valence electrons. The van der Waals surface area contributed by atoms with Crippen LogP contribution in [0.4, 0.5) is 74.3 Å². The van der Waals surface area contributed by atoms with Crippen molar-refractivity contribution in [1.82, 2.24) is 0 Å². The number of halogens is 18. The zero-order valence-electron chi connectivity index (χ0n) is 17.6. The number of hydrogen-bond donors (Lipinski definition) is 0. The molecule has 0 N–H and O–H groups in total. The van der Waals surface area contributed by atoms with Crippen molar-refractivity contribution < 1.29 is 78.7 Å². The predicted octanol–water partition coefficient (Wildman–Crippen LogP) is 9.49. The Kier molecular flexibility index (Phi) is 8.64. The molecule has 20 heteroatoms. The van der Waals surface area contributed by atoms with Gasteiger partial charge in [0.05, 0.1) is 26.7 Å². The Morgan fingerprint density at radius 2 is 0.886 bits per heavy atom. The number of alkyl halides is 15. The molecule has 1 saturated heterocycles. The molecule has 0 atom stereocenters. The summed E-state index contributed by atoms with van der Waals surface area (Å²) in [5.74, 6) is -14.0. The van der Waals surface area contributed by atoms with Crippen molar-refractivity contribution in [3.63, 3.8) is 0 Å². The third-order valence-electron chi connectivity index (χ3n) is 5.52. The van der Waals surface area contributed by atoms with Gasteiger partial charge in [-0.3, -0.25) is 0 Å².